The monoisotopic (exact) mass is 396 g/mol. The molecule has 3 N–H and O–H groups in total. The minimum Gasteiger partial charge on any atom is -0.376 e. The number of likely N-dealkylation sites (tertiary alicyclic amines) is 1. The second kappa shape index (κ2) is 8.53. The van der Waals surface area contributed by atoms with Gasteiger partial charge in [-0.15, -0.1) is 22.7 Å². The molecule has 0 spiro atoms. The molecular formula is C17H24N4O3S2. The number of rotatable bonds is 6. The number of aliphatic hydroxyl groups excluding tert-OH is 1. The van der Waals surface area contributed by atoms with Crippen molar-refractivity contribution in [3.8, 4) is 10.0 Å². The van der Waals surface area contributed by atoms with Gasteiger partial charge in [0.25, 0.3) is 5.91 Å². The van der Waals surface area contributed by atoms with Crippen LogP contribution in [0.4, 0.5) is 0 Å². The van der Waals surface area contributed by atoms with Gasteiger partial charge in [-0.3, -0.25) is 4.79 Å². The lowest BCUT2D eigenvalue weighted by molar-refractivity contribution is -0.0479. The number of amides is 1. The standard InChI is InChI=1S/C17H24N4O3S2/c1-10(2)9-12-13(19-16(26-12)15-18-5-8-25-15)17(23)21-6-3-11(4-7-21)14(22)20-24/h5,8,10-11,14,20,22,24H,3-4,6-7,9H2,1-2H3. The maximum absolute atomic E-state index is 13.1. The Morgan fingerprint density at radius 2 is 2.12 bits per heavy atom. The number of nitrogens with one attached hydrogen (secondary N) is 1. The Kier molecular flexibility index (Phi) is 6.36. The fourth-order valence-electron chi connectivity index (χ4n) is 3.12. The van der Waals surface area contributed by atoms with Crippen LogP contribution in [0.2, 0.25) is 0 Å². The normalized spacial score (nSPS) is 17.0. The van der Waals surface area contributed by atoms with Gasteiger partial charge in [-0.25, -0.2) is 9.97 Å². The molecule has 9 heteroatoms. The second-order valence-corrected chi connectivity index (χ2v) is 8.91. The number of aliphatic hydroxyl groups is 1. The Morgan fingerprint density at radius 1 is 1.38 bits per heavy atom. The zero-order valence-electron chi connectivity index (χ0n) is 14.9. The molecule has 0 bridgehead atoms. The summed E-state index contributed by atoms with van der Waals surface area (Å²) in [6.45, 7) is 5.36. The van der Waals surface area contributed by atoms with Gasteiger partial charge in [0.1, 0.15) is 11.9 Å². The van der Waals surface area contributed by atoms with Gasteiger partial charge in [-0.05, 0) is 25.2 Å². The quantitative estimate of drug-likeness (QED) is 0.513. The molecule has 2 aromatic rings. The highest BCUT2D eigenvalue weighted by Crippen LogP contribution is 2.32. The summed E-state index contributed by atoms with van der Waals surface area (Å²) in [4.78, 5) is 24.8. The van der Waals surface area contributed by atoms with Crippen LogP contribution in [0.5, 0.6) is 0 Å². The van der Waals surface area contributed by atoms with Crippen molar-refractivity contribution in [2.45, 2.75) is 39.3 Å². The molecule has 1 aliphatic rings. The van der Waals surface area contributed by atoms with Crippen LogP contribution >= 0.6 is 22.7 Å². The molecule has 3 heterocycles. The molecule has 7 nitrogen and oxygen atoms in total. The summed E-state index contributed by atoms with van der Waals surface area (Å²) in [6, 6.07) is 0. The Morgan fingerprint density at radius 3 is 2.69 bits per heavy atom. The Balaban J connectivity index is 1.78. The number of nitrogens with zero attached hydrogens (tertiary/aromatic N) is 3. The van der Waals surface area contributed by atoms with Gasteiger partial charge < -0.3 is 15.2 Å². The number of aromatic nitrogens is 2. The van der Waals surface area contributed by atoms with E-state index in [1.165, 1.54) is 11.3 Å². The van der Waals surface area contributed by atoms with E-state index in [1.807, 2.05) is 10.9 Å². The van der Waals surface area contributed by atoms with E-state index in [2.05, 4.69) is 23.8 Å². The Labute approximate surface area is 160 Å². The van der Waals surface area contributed by atoms with Crippen LogP contribution in [0.25, 0.3) is 10.0 Å². The molecule has 1 fully saturated rings. The first-order chi connectivity index (χ1) is 12.5. The highest BCUT2D eigenvalue weighted by molar-refractivity contribution is 7.20. The third-order valence-electron chi connectivity index (χ3n) is 4.51. The van der Waals surface area contributed by atoms with Gasteiger partial charge >= 0.3 is 0 Å². The Hall–Kier alpha value is -1.39. The van der Waals surface area contributed by atoms with E-state index in [9.17, 15) is 9.90 Å². The van der Waals surface area contributed by atoms with Gasteiger partial charge in [0.05, 0.1) is 0 Å². The van der Waals surface area contributed by atoms with Gasteiger partial charge in [-0.1, -0.05) is 13.8 Å². The molecule has 1 unspecified atom stereocenters. The minimum atomic E-state index is -0.945. The molecule has 3 rings (SSSR count). The lowest BCUT2D eigenvalue weighted by Gasteiger charge is -2.33. The molecular weight excluding hydrogens is 372 g/mol. The van der Waals surface area contributed by atoms with Crippen molar-refractivity contribution in [3.63, 3.8) is 0 Å². The lowest BCUT2D eigenvalue weighted by Crippen LogP contribution is -2.44. The van der Waals surface area contributed by atoms with Crippen LogP contribution in [0.15, 0.2) is 11.6 Å². The van der Waals surface area contributed by atoms with Crippen molar-refractivity contribution >= 4 is 28.6 Å². The molecule has 1 atom stereocenters. The largest absolute Gasteiger partial charge is 0.376 e. The van der Waals surface area contributed by atoms with Crippen molar-refractivity contribution in [2.24, 2.45) is 11.8 Å². The number of thiazole rings is 2. The smallest absolute Gasteiger partial charge is 0.273 e. The summed E-state index contributed by atoms with van der Waals surface area (Å²) >= 11 is 3.08. The predicted octanol–water partition coefficient (Wildman–Crippen LogP) is 2.61. The number of carbonyl (C=O) groups excluding carboxylic acids is 1. The minimum absolute atomic E-state index is 0.0513. The summed E-state index contributed by atoms with van der Waals surface area (Å²) in [5.41, 5.74) is 2.43. The number of carbonyl (C=O) groups is 1. The molecule has 0 aromatic carbocycles. The maximum Gasteiger partial charge on any atom is 0.273 e. The van der Waals surface area contributed by atoms with Crippen molar-refractivity contribution in [3.05, 3.63) is 22.1 Å². The van der Waals surface area contributed by atoms with Crippen molar-refractivity contribution < 1.29 is 15.1 Å². The van der Waals surface area contributed by atoms with Crippen LogP contribution in [-0.2, 0) is 6.42 Å². The molecule has 1 amide bonds. The van der Waals surface area contributed by atoms with Crippen LogP contribution in [0.1, 0.15) is 42.1 Å². The first kappa shape index (κ1) is 19.4. The number of hydrogen-bond donors (Lipinski definition) is 3. The predicted molar refractivity (Wildman–Crippen MR) is 101 cm³/mol. The van der Waals surface area contributed by atoms with Crippen molar-refractivity contribution in [2.75, 3.05) is 13.1 Å². The maximum atomic E-state index is 13.1. The fourth-order valence-corrected chi connectivity index (χ4v) is 5.07. The van der Waals surface area contributed by atoms with Crippen LogP contribution < -0.4 is 5.48 Å². The van der Waals surface area contributed by atoms with Gasteiger partial charge in [0, 0.05) is 35.5 Å². The van der Waals surface area contributed by atoms with E-state index >= 15 is 0 Å². The van der Waals surface area contributed by atoms with Gasteiger partial charge in [0.2, 0.25) is 0 Å². The SMILES string of the molecule is CC(C)Cc1sc(-c2nccs2)nc1C(=O)N1CCC(C(O)NO)CC1. The van der Waals surface area contributed by atoms with E-state index in [0.717, 1.165) is 21.3 Å². The Bertz CT molecular complexity index is 724. The van der Waals surface area contributed by atoms with Crippen LogP contribution in [0.3, 0.4) is 0 Å². The van der Waals surface area contributed by atoms with Crippen molar-refractivity contribution in [1.82, 2.24) is 20.3 Å². The summed E-state index contributed by atoms with van der Waals surface area (Å²) in [5.74, 6) is 0.327. The van der Waals surface area contributed by atoms with E-state index in [1.54, 1.807) is 22.4 Å². The molecule has 0 radical (unpaired) electrons. The fraction of sp³-hybridized carbons (Fsp3) is 0.588. The molecule has 2 aromatic heterocycles. The third-order valence-corrected chi connectivity index (χ3v) is 6.51. The second-order valence-electron chi connectivity index (χ2n) is 6.93. The number of hydroxylamine groups is 1. The van der Waals surface area contributed by atoms with Gasteiger partial charge in [0.15, 0.2) is 10.0 Å². The molecule has 142 valence electrons. The summed E-state index contributed by atoms with van der Waals surface area (Å²) in [5, 5.41) is 22.1. The van der Waals surface area contributed by atoms with E-state index in [-0.39, 0.29) is 11.8 Å². The average Bonchev–Trinajstić information content (AvgIpc) is 3.30. The first-order valence-electron chi connectivity index (χ1n) is 8.76. The zero-order chi connectivity index (χ0) is 18.7. The lowest BCUT2D eigenvalue weighted by atomic mass is 9.95. The summed E-state index contributed by atoms with van der Waals surface area (Å²) in [7, 11) is 0. The summed E-state index contributed by atoms with van der Waals surface area (Å²) < 4.78 is 0. The van der Waals surface area contributed by atoms with E-state index in [0.29, 0.717) is 37.5 Å². The molecule has 26 heavy (non-hydrogen) atoms. The topological polar surface area (TPSA) is 98.6 Å². The van der Waals surface area contributed by atoms with E-state index < -0.39 is 6.23 Å². The molecule has 1 aliphatic heterocycles. The van der Waals surface area contributed by atoms with Crippen molar-refractivity contribution in [1.29, 1.82) is 0 Å². The van der Waals surface area contributed by atoms with E-state index in [4.69, 9.17) is 5.21 Å². The third kappa shape index (κ3) is 4.29. The summed E-state index contributed by atoms with van der Waals surface area (Å²) in [6.07, 6.45) is 2.90. The highest BCUT2D eigenvalue weighted by atomic mass is 32.1. The number of piperidine rings is 1. The molecule has 0 saturated carbocycles. The molecule has 1 saturated heterocycles. The average molecular weight is 397 g/mol. The zero-order valence-corrected chi connectivity index (χ0v) is 16.5. The van der Waals surface area contributed by atoms with Gasteiger partial charge in [-0.2, -0.15) is 5.48 Å². The van der Waals surface area contributed by atoms with Crippen LogP contribution in [-0.4, -0.2) is 50.4 Å². The number of hydrogen-bond acceptors (Lipinski definition) is 8. The molecule has 0 aliphatic carbocycles. The first-order valence-corrected chi connectivity index (χ1v) is 10.5. The van der Waals surface area contributed by atoms with Crippen LogP contribution in [0, 0.1) is 11.8 Å². The highest BCUT2D eigenvalue weighted by Gasteiger charge is 2.30.